The Bertz CT molecular complexity index is 618. The van der Waals surface area contributed by atoms with E-state index in [0.717, 1.165) is 30.3 Å². The van der Waals surface area contributed by atoms with E-state index < -0.39 is 5.95 Å². The van der Waals surface area contributed by atoms with Crippen LogP contribution >= 0.6 is 0 Å². The summed E-state index contributed by atoms with van der Waals surface area (Å²) in [5.74, 6) is -0.415. The standard InChI is InChI=1S/C13H14FN3O/c1-18-11-5-9-10(8-3-2-4-15-6-8)7-16-13(9)17-12(11)14/h5-7,15H,2-4H2,1H3,(H,16,17). The minimum absolute atomic E-state index is 0.174. The maximum Gasteiger partial charge on any atom is 0.257 e. The fraction of sp³-hybridized carbons (Fsp3) is 0.308. The first-order valence-corrected chi connectivity index (χ1v) is 5.94. The van der Waals surface area contributed by atoms with Gasteiger partial charge in [0.05, 0.1) is 7.11 Å². The molecule has 2 N–H and O–H groups in total. The Morgan fingerprint density at radius 2 is 2.33 bits per heavy atom. The first-order valence-electron chi connectivity index (χ1n) is 5.94. The van der Waals surface area contributed by atoms with Gasteiger partial charge in [-0.15, -0.1) is 0 Å². The van der Waals surface area contributed by atoms with Gasteiger partial charge in [0.2, 0.25) is 0 Å². The van der Waals surface area contributed by atoms with Gasteiger partial charge in [0, 0.05) is 29.9 Å². The fourth-order valence-corrected chi connectivity index (χ4v) is 2.28. The fourth-order valence-electron chi connectivity index (χ4n) is 2.28. The molecule has 0 fully saturated rings. The lowest BCUT2D eigenvalue weighted by atomic mass is 10.0. The highest BCUT2D eigenvalue weighted by molar-refractivity contribution is 5.91. The van der Waals surface area contributed by atoms with Crippen molar-refractivity contribution in [3.05, 3.63) is 30.0 Å². The minimum atomic E-state index is -0.589. The predicted octanol–water partition coefficient (Wildman–Crippen LogP) is 2.43. The molecule has 1 aliphatic heterocycles. The first kappa shape index (κ1) is 11.1. The monoisotopic (exact) mass is 247 g/mol. The van der Waals surface area contributed by atoms with Crippen molar-refractivity contribution in [2.45, 2.75) is 12.8 Å². The average molecular weight is 247 g/mol. The molecule has 4 nitrogen and oxygen atoms in total. The van der Waals surface area contributed by atoms with Gasteiger partial charge >= 0.3 is 0 Å². The summed E-state index contributed by atoms with van der Waals surface area (Å²) >= 11 is 0. The van der Waals surface area contributed by atoms with Crippen LogP contribution in [-0.2, 0) is 0 Å². The molecule has 0 atom stereocenters. The largest absolute Gasteiger partial charge is 0.492 e. The molecule has 0 aliphatic carbocycles. The summed E-state index contributed by atoms with van der Waals surface area (Å²) in [4.78, 5) is 6.87. The second-order valence-corrected chi connectivity index (χ2v) is 4.31. The van der Waals surface area contributed by atoms with Gasteiger partial charge in [-0.25, -0.2) is 0 Å². The highest BCUT2D eigenvalue weighted by Crippen LogP contribution is 2.31. The lowest BCUT2D eigenvalue weighted by molar-refractivity contribution is 0.379. The molecule has 94 valence electrons. The van der Waals surface area contributed by atoms with Gasteiger partial charge in [0.15, 0.2) is 5.75 Å². The van der Waals surface area contributed by atoms with Gasteiger partial charge in [-0.3, -0.25) is 0 Å². The molecule has 2 aromatic rings. The van der Waals surface area contributed by atoms with E-state index in [9.17, 15) is 4.39 Å². The Labute approximate surface area is 104 Å². The molecule has 18 heavy (non-hydrogen) atoms. The van der Waals surface area contributed by atoms with Crippen LogP contribution in [0.1, 0.15) is 18.4 Å². The molecule has 2 aromatic heterocycles. The zero-order valence-corrected chi connectivity index (χ0v) is 10.1. The molecule has 3 heterocycles. The Morgan fingerprint density at radius 3 is 3.06 bits per heavy atom. The number of hydrogen-bond donors (Lipinski definition) is 2. The highest BCUT2D eigenvalue weighted by Gasteiger charge is 2.15. The molecule has 0 unspecified atom stereocenters. The van der Waals surface area contributed by atoms with Crippen molar-refractivity contribution in [3.63, 3.8) is 0 Å². The van der Waals surface area contributed by atoms with Gasteiger partial charge in [-0.1, -0.05) is 0 Å². The average Bonchev–Trinajstić information content (AvgIpc) is 2.81. The predicted molar refractivity (Wildman–Crippen MR) is 67.8 cm³/mol. The lowest BCUT2D eigenvalue weighted by Crippen LogP contribution is -2.12. The lowest BCUT2D eigenvalue weighted by Gasteiger charge is -2.13. The molecular formula is C13H14FN3O. The van der Waals surface area contributed by atoms with E-state index in [1.165, 1.54) is 12.7 Å². The molecule has 0 saturated heterocycles. The maximum absolute atomic E-state index is 13.5. The van der Waals surface area contributed by atoms with Crippen molar-refractivity contribution in [2.75, 3.05) is 13.7 Å². The van der Waals surface area contributed by atoms with E-state index in [1.807, 2.05) is 12.4 Å². The SMILES string of the molecule is COc1cc2c(C3=CNCCC3)c[nH]c2nc1F. The molecule has 0 saturated carbocycles. The number of hydrogen-bond acceptors (Lipinski definition) is 3. The summed E-state index contributed by atoms with van der Waals surface area (Å²) in [6.07, 6.45) is 6.00. The van der Waals surface area contributed by atoms with E-state index in [-0.39, 0.29) is 5.75 Å². The molecular weight excluding hydrogens is 233 g/mol. The number of H-pyrrole nitrogens is 1. The van der Waals surface area contributed by atoms with E-state index in [4.69, 9.17) is 4.74 Å². The van der Waals surface area contributed by atoms with Crippen LogP contribution < -0.4 is 10.1 Å². The molecule has 0 aromatic carbocycles. The third-order valence-corrected chi connectivity index (χ3v) is 3.20. The summed E-state index contributed by atoms with van der Waals surface area (Å²) in [5, 5.41) is 4.12. The van der Waals surface area contributed by atoms with Crippen LogP contribution in [0.4, 0.5) is 4.39 Å². The first-order chi connectivity index (χ1) is 8.79. The van der Waals surface area contributed by atoms with Crippen LogP contribution in [0.2, 0.25) is 0 Å². The van der Waals surface area contributed by atoms with Crippen molar-refractivity contribution >= 4 is 16.6 Å². The van der Waals surface area contributed by atoms with Crippen LogP contribution in [-0.4, -0.2) is 23.6 Å². The van der Waals surface area contributed by atoms with Crippen LogP contribution in [0.25, 0.3) is 16.6 Å². The van der Waals surface area contributed by atoms with Gasteiger partial charge in [-0.05, 0) is 24.5 Å². The molecule has 3 rings (SSSR count). The molecule has 0 radical (unpaired) electrons. The van der Waals surface area contributed by atoms with Crippen molar-refractivity contribution in [1.29, 1.82) is 0 Å². The summed E-state index contributed by atoms with van der Waals surface area (Å²) < 4.78 is 18.5. The van der Waals surface area contributed by atoms with Crippen molar-refractivity contribution < 1.29 is 9.13 Å². The zero-order valence-electron chi connectivity index (χ0n) is 10.1. The number of rotatable bonds is 2. The van der Waals surface area contributed by atoms with Crippen molar-refractivity contribution in [2.24, 2.45) is 0 Å². The van der Waals surface area contributed by atoms with Crippen molar-refractivity contribution in [1.82, 2.24) is 15.3 Å². The summed E-state index contributed by atoms with van der Waals surface area (Å²) in [6.45, 7) is 1.00. The summed E-state index contributed by atoms with van der Waals surface area (Å²) in [6, 6.07) is 1.69. The Morgan fingerprint density at radius 1 is 1.44 bits per heavy atom. The molecule has 5 heteroatoms. The number of nitrogens with zero attached hydrogens (tertiary/aromatic N) is 1. The van der Waals surface area contributed by atoms with Crippen LogP contribution in [0.15, 0.2) is 18.5 Å². The maximum atomic E-state index is 13.5. The van der Waals surface area contributed by atoms with E-state index in [1.54, 1.807) is 6.07 Å². The normalized spacial score (nSPS) is 15.3. The molecule has 0 spiro atoms. The van der Waals surface area contributed by atoms with Crippen LogP contribution in [0, 0.1) is 5.95 Å². The minimum Gasteiger partial charge on any atom is -0.492 e. The summed E-state index contributed by atoms with van der Waals surface area (Å²) in [5.41, 5.74) is 2.82. The Balaban J connectivity index is 2.15. The van der Waals surface area contributed by atoms with E-state index >= 15 is 0 Å². The summed E-state index contributed by atoms with van der Waals surface area (Å²) in [7, 11) is 1.44. The van der Waals surface area contributed by atoms with E-state index in [2.05, 4.69) is 15.3 Å². The number of halogens is 1. The smallest absolute Gasteiger partial charge is 0.257 e. The van der Waals surface area contributed by atoms with E-state index in [0.29, 0.717) is 5.65 Å². The molecule has 0 amide bonds. The number of fused-ring (bicyclic) bond motifs is 1. The number of methoxy groups -OCH3 is 1. The Kier molecular flexibility index (Phi) is 2.66. The zero-order chi connectivity index (χ0) is 12.5. The third-order valence-electron chi connectivity index (χ3n) is 3.20. The van der Waals surface area contributed by atoms with Crippen LogP contribution in [0.5, 0.6) is 5.75 Å². The van der Waals surface area contributed by atoms with Gasteiger partial charge in [-0.2, -0.15) is 9.37 Å². The number of nitrogens with one attached hydrogen (secondary N) is 2. The number of aromatic nitrogens is 2. The highest BCUT2D eigenvalue weighted by atomic mass is 19.1. The second kappa shape index (κ2) is 4.33. The topological polar surface area (TPSA) is 49.9 Å². The molecule has 0 bridgehead atoms. The number of pyridine rings is 1. The molecule has 1 aliphatic rings. The Hall–Kier alpha value is -2.04. The number of ether oxygens (including phenoxy) is 1. The number of allylic oxidation sites excluding steroid dienone is 1. The number of aromatic amines is 1. The van der Waals surface area contributed by atoms with Gasteiger partial charge in [0.1, 0.15) is 5.65 Å². The van der Waals surface area contributed by atoms with Gasteiger partial charge in [0.25, 0.3) is 5.95 Å². The second-order valence-electron chi connectivity index (χ2n) is 4.31. The quantitative estimate of drug-likeness (QED) is 0.801. The van der Waals surface area contributed by atoms with Crippen LogP contribution in [0.3, 0.4) is 0 Å². The van der Waals surface area contributed by atoms with Crippen molar-refractivity contribution in [3.8, 4) is 5.75 Å². The van der Waals surface area contributed by atoms with Gasteiger partial charge < -0.3 is 15.0 Å². The third kappa shape index (κ3) is 1.72.